The molecule has 1 aliphatic heterocycles. The van der Waals surface area contributed by atoms with Gasteiger partial charge < -0.3 is 10.6 Å². The highest BCUT2D eigenvalue weighted by Gasteiger charge is 2.20. The molecule has 7 heteroatoms. The molecule has 0 spiro atoms. The highest BCUT2D eigenvalue weighted by atomic mass is 127. The van der Waals surface area contributed by atoms with E-state index in [1.807, 2.05) is 24.6 Å². The number of aliphatic imine (C=N–C) groups is 1. The Hall–Kier alpha value is -1.19. The second-order valence-electron chi connectivity index (χ2n) is 7.03. The summed E-state index contributed by atoms with van der Waals surface area (Å²) in [4.78, 5) is 12.8. The molecule has 1 aromatic carbocycles. The number of nitrogens with one attached hydrogen (secondary N) is 2. The quantitative estimate of drug-likeness (QED) is 0.337. The molecule has 1 atom stereocenters. The lowest BCUT2D eigenvalue weighted by atomic mass is 10.0. The van der Waals surface area contributed by atoms with Gasteiger partial charge in [0.15, 0.2) is 5.96 Å². The summed E-state index contributed by atoms with van der Waals surface area (Å²) in [6.45, 7) is 6.28. The third kappa shape index (κ3) is 7.33. The first-order valence-electron chi connectivity index (χ1n) is 9.94. The number of rotatable bonds is 7. The van der Waals surface area contributed by atoms with E-state index in [1.165, 1.54) is 34.8 Å². The lowest BCUT2D eigenvalue weighted by Crippen LogP contribution is -2.51. The maximum atomic E-state index is 4.49. The van der Waals surface area contributed by atoms with E-state index in [4.69, 9.17) is 0 Å². The average Bonchev–Trinajstić information content (AvgIpc) is 3.16. The van der Waals surface area contributed by atoms with E-state index in [2.05, 4.69) is 62.8 Å². The molecule has 3 rings (SSSR count). The molecule has 0 aliphatic carbocycles. The number of likely N-dealkylation sites (tertiary alicyclic amines) is 1. The molecule has 154 valence electrons. The van der Waals surface area contributed by atoms with Gasteiger partial charge >= 0.3 is 0 Å². The van der Waals surface area contributed by atoms with E-state index in [0.717, 1.165) is 38.4 Å². The molecule has 1 unspecified atom stereocenters. The second kappa shape index (κ2) is 12.4. The van der Waals surface area contributed by atoms with E-state index in [0.29, 0.717) is 6.04 Å². The van der Waals surface area contributed by atoms with Gasteiger partial charge in [-0.3, -0.25) is 9.89 Å². The predicted molar refractivity (Wildman–Crippen MR) is 130 cm³/mol. The third-order valence-corrected chi connectivity index (χ3v) is 6.10. The molecule has 2 heterocycles. The molecule has 2 aromatic rings. The molecule has 1 fully saturated rings. The fourth-order valence-electron chi connectivity index (χ4n) is 3.46. The normalized spacial score (nSPS) is 17.8. The Morgan fingerprint density at radius 3 is 2.86 bits per heavy atom. The molecule has 28 heavy (non-hydrogen) atoms. The third-order valence-electron chi connectivity index (χ3n) is 4.90. The van der Waals surface area contributed by atoms with Crippen molar-refractivity contribution >= 4 is 41.3 Å². The number of hydrogen-bond donors (Lipinski definition) is 2. The van der Waals surface area contributed by atoms with Crippen LogP contribution in [0.3, 0.4) is 0 Å². The molecule has 1 saturated heterocycles. The molecule has 0 saturated carbocycles. The molecule has 1 aliphatic rings. The van der Waals surface area contributed by atoms with Crippen LogP contribution in [0.1, 0.15) is 35.2 Å². The van der Waals surface area contributed by atoms with Crippen LogP contribution in [0, 0.1) is 0 Å². The topological polar surface area (TPSA) is 52.6 Å². The summed E-state index contributed by atoms with van der Waals surface area (Å²) in [5.74, 6) is 0.897. The van der Waals surface area contributed by atoms with Gasteiger partial charge in [0.1, 0.15) is 0 Å². The summed E-state index contributed by atoms with van der Waals surface area (Å²) in [7, 11) is 1.85. The van der Waals surface area contributed by atoms with Gasteiger partial charge in [0.05, 0.1) is 5.01 Å². The maximum absolute atomic E-state index is 4.49. The lowest BCUT2D eigenvalue weighted by Gasteiger charge is -2.34. The standard InChI is InChI=1S/C21H31N5S.HI/c1-3-19-14-24-20(27-19)11-12-23-21(22-2)25-18-10-7-13-26(16-18)15-17-8-5-4-6-9-17;/h4-6,8-9,14,18H,3,7,10-13,15-16H2,1-2H3,(H2,22,23,25);1H. The minimum atomic E-state index is 0. The summed E-state index contributed by atoms with van der Waals surface area (Å²) < 4.78 is 0. The van der Waals surface area contributed by atoms with Crippen LogP contribution in [0.4, 0.5) is 0 Å². The van der Waals surface area contributed by atoms with Gasteiger partial charge in [-0.2, -0.15) is 0 Å². The number of piperidine rings is 1. The van der Waals surface area contributed by atoms with Gasteiger partial charge in [-0.15, -0.1) is 35.3 Å². The second-order valence-corrected chi connectivity index (χ2v) is 8.23. The minimum Gasteiger partial charge on any atom is -0.356 e. The Kier molecular flexibility index (Phi) is 10.2. The van der Waals surface area contributed by atoms with E-state index in [9.17, 15) is 0 Å². The van der Waals surface area contributed by atoms with Gasteiger partial charge in [0.25, 0.3) is 0 Å². The van der Waals surface area contributed by atoms with Crippen LogP contribution in [0.2, 0.25) is 0 Å². The van der Waals surface area contributed by atoms with E-state index in [-0.39, 0.29) is 24.0 Å². The zero-order chi connectivity index (χ0) is 18.9. The van der Waals surface area contributed by atoms with Gasteiger partial charge in [-0.05, 0) is 31.4 Å². The highest BCUT2D eigenvalue weighted by Crippen LogP contribution is 2.14. The van der Waals surface area contributed by atoms with Crippen molar-refractivity contribution in [1.82, 2.24) is 20.5 Å². The molecule has 0 amide bonds. The monoisotopic (exact) mass is 513 g/mol. The van der Waals surface area contributed by atoms with Crippen LogP contribution < -0.4 is 10.6 Å². The number of benzene rings is 1. The van der Waals surface area contributed by atoms with Crippen molar-refractivity contribution in [2.75, 3.05) is 26.7 Å². The van der Waals surface area contributed by atoms with E-state index >= 15 is 0 Å². The molecule has 0 bridgehead atoms. The first-order valence-corrected chi connectivity index (χ1v) is 10.8. The van der Waals surface area contributed by atoms with Crippen molar-refractivity contribution < 1.29 is 0 Å². The van der Waals surface area contributed by atoms with Gasteiger partial charge in [0.2, 0.25) is 0 Å². The zero-order valence-corrected chi connectivity index (χ0v) is 20.0. The Labute approximate surface area is 190 Å². The van der Waals surface area contributed by atoms with E-state index in [1.54, 1.807) is 0 Å². The van der Waals surface area contributed by atoms with Crippen molar-refractivity contribution in [3.05, 3.63) is 52.0 Å². The molecular weight excluding hydrogens is 481 g/mol. The van der Waals surface area contributed by atoms with Crippen molar-refractivity contribution in [1.29, 1.82) is 0 Å². The van der Waals surface area contributed by atoms with Gasteiger partial charge in [0, 0.05) is 50.2 Å². The van der Waals surface area contributed by atoms with Crippen molar-refractivity contribution in [3.8, 4) is 0 Å². The summed E-state index contributed by atoms with van der Waals surface area (Å²) in [5.41, 5.74) is 1.38. The van der Waals surface area contributed by atoms with Gasteiger partial charge in [-0.25, -0.2) is 4.98 Å². The van der Waals surface area contributed by atoms with Crippen molar-refractivity contribution in [2.24, 2.45) is 4.99 Å². The molecule has 2 N–H and O–H groups in total. The Morgan fingerprint density at radius 2 is 2.14 bits per heavy atom. The molecule has 0 radical (unpaired) electrons. The first kappa shape index (κ1) is 23.1. The van der Waals surface area contributed by atoms with Crippen LogP contribution in [0.15, 0.2) is 41.5 Å². The average molecular weight is 513 g/mol. The Bertz CT molecular complexity index is 719. The van der Waals surface area contributed by atoms with Crippen LogP contribution in [0.5, 0.6) is 0 Å². The lowest BCUT2D eigenvalue weighted by molar-refractivity contribution is 0.192. The van der Waals surface area contributed by atoms with Crippen molar-refractivity contribution in [2.45, 2.75) is 45.2 Å². The van der Waals surface area contributed by atoms with Crippen LogP contribution in [-0.2, 0) is 19.4 Å². The van der Waals surface area contributed by atoms with Gasteiger partial charge in [-0.1, -0.05) is 37.3 Å². The summed E-state index contributed by atoms with van der Waals surface area (Å²) in [6.07, 6.45) is 6.42. The fraction of sp³-hybridized carbons (Fsp3) is 0.524. The van der Waals surface area contributed by atoms with Crippen LogP contribution in [-0.4, -0.2) is 48.6 Å². The predicted octanol–water partition coefficient (Wildman–Crippen LogP) is 3.70. The smallest absolute Gasteiger partial charge is 0.191 e. The van der Waals surface area contributed by atoms with Crippen LogP contribution in [0.25, 0.3) is 0 Å². The molecule has 5 nitrogen and oxygen atoms in total. The molecule has 1 aromatic heterocycles. The van der Waals surface area contributed by atoms with Crippen LogP contribution >= 0.6 is 35.3 Å². The fourth-order valence-corrected chi connectivity index (χ4v) is 4.32. The zero-order valence-electron chi connectivity index (χ0n) is 16.9. The number of aromatic nitrogens is 1. The minimum absolute atomic E-state index is 0. The number of hydrogen-bond acceptors (Lipinski definition) is 4. The number of guanidine groups is 1. The Morgan fingerprint density at radius 1 is 1.32 bits per heavy atom. The number of thiazole rings is 1. The summed E-state index contributed by atoms with van der Waals surface area (Å²) in [5, 5.41) is 8.24. The van der Waals surface area contributed by atoms with Crippen molar-refractivity contribution in [3.63, 3.8) is 0 Å². The maximum Gasteiger partial charge on any atom is 0.191 e. The first-order chi connectivity index (χ1) is 13.3. The Balaban J connectivity index is 0.00000280. The molecular formula is C21H32IN5S. The summed E-state index contributed by atoms with van der Waals surface area (Å²) >= 11 is 1.81. The number of nitrogens with zero attached hydrogens (tertiary/aromatic N) is 3. The summed E-state index contributed by atoms with van der Waals surface area (Å²) in [6, 6.07) is 11.2. The SMILES string of the molecule is CCc1cnc(CCNC(=NC)NC2CCCN(Cc3ccccc3)C2)s1.I. The number of aryl methyl sites for hydroxylation is 1. The highest BCUT2D eigenvalue weighted by molar-refractivity contribution is 14.0. The largest absolute Gasteiger partial charge is 0.356 e. The van der Waals surface area contributed by atoms with E-state index < -0.39 is 0 Å². The number of halogens is 1.